The van der Waals surface area contributed by atoms with Gasteiger partial charge < -0.3 is 9.73 Å². The van der Waals surface area contributed by atoms with Gasteiger partial charge in [0.2, 0.25) is 0 Å². The van der Waals surface area contributed by atoms with Crippen LogP contribution < -0.4 is 10.7 Å². The highest BCUT2D eigenvalue weighted by Crippen LogP contribution is 2.12. The van der Waals surface area contributed by atoms with Crippen molar-refractivity contribution >= 4 is 23.2 Å². The van der Waals surface area contributed by atoms with E-state index in [2.05, 4.69) is 20.8 Å². The molecule has 0 saturated heterocycles. The van der Waals surface area contributed by atoms with Gasteiger partial charge in [-0.05, 0) is 48.9 Å². The molecule has 0 saturated carbocycles. The minimum atomic E-state index is -0.322. The van der Waals surface area contributed by atoms with Crippen LogP contribution in [0.4, 0.5) is 5.69 Å². The van der Waals surface area contributed by atoms with Gasteiger partial charge in [-0.15, -0.1) is 0 Å². The molecule has 0 aliphatic carbocycles. The van der Waals surface area contributed by atoms with Crippen LogP contribution in [0, 0.1) is 0 Å². The van der Waals surface area contributed by atoms with Gasteiger partial charge in [-0.1, -0.05) is 12.1 Å². The fourth-order valence-corrected chi connectivity index (χ4v) is 2.16. The zero-order valence-corrected chi connectivity index (χ0v) is 14.0. The number of pyridine rings is 1. The number of nitrogens with one attached hydrogen (secondary N) is 2. The Kier molecular flexibility index (Phi) is 5.19. The lowest BCUT2D eigenvalue weighted by molar-refractivity contribution is 0.0953. The largest absolute Gasteiger partial charge is 0.459 e. The number of anilines is 1. The molecule has 7 nitrogen and oxygen atoms in total. The first-order valence-electron chi connectivity index (χ1n) is 7.83. The van der Waals surface area contributed by atoms with Gasteiger partial charge in [0.15, 0.2) is 5.76 Å². The molecule has 7 heteroatoms. The summed E-state index contributed by atoms with van der Waals surface area (Å²) in [5.74, 6) is -0.391. The molecule has 1 aromatic carbocycles. The van der Waals surface area contributed by atoms with Crippen molar-refractivity contribution in [3.8, 4) is 0 Å². The second-order valence-corrected chi connectivity index (χ2v) is 5.38. The normalized spacial score (nSPS) is 11.0. The van der Waals surface area contributed by atoms with E-state index in [9.17, 15) is 9.59 Å². The summed E-state index contributed by atoms with van der Waals surface area (Å²) in [7, 11) is 0. The van der Waals surface area contributed by atoms with E-state index in [-0.39, 0.29) is 17.6 Å². The maximum absolute atomic E-state index is 12.0. The maximum atomic E-state index is 12.0. The Bertz CT molecular complexity index is 917. The SMILES string of the molecule is C/C(=N\NC(=O)c1ccncc1)c1ccc(NC(=O)c2ccco2)cc1. The second-order valence-electron chi connectivity index (χ2n) is 5.38. The number of carbonyl (C=O) groups excluding carboxylic acids is 2. The Morgan fingerprint density at radius 1 is 0.962 bits per heavy atom. The molecule has 0 spiro atoms. The molecule has 2 N–H and O–H groups in total. The van der Waals surface area contributed by atoms with Crippen molar-refractivity contribution in [2.45, 2.75) is 6.92 Å². The third-order valence-electron chi connectivity index (χ3n) is 3.57. The highest BCUT2D eigenvalue weighted by molar-refractivity contribution is 6.03. The molecule has 0 bridgehead atoms. The first-order valence-corrected chi connectivity index (χ1v) is 7.83. The molecule has 0 unspecified atom stereocenters. The van der Waals surface area contributed by atoms with Gasteiger partial charge in [0.1, 0.15) is 0 Å². The predicted molar refractivity (Wildman–Crippen MR) is 97.0 cm³/mol. The summed E-state index contributed by atoms with van der Waals surface area (Å²) in [6, 6.07) is 13.6. The number of hydrogen-bond acceptors (Lipinski definition) is 5. The van der Waals surface area contributed by atoms with E-state index in [1.807, 2.05) is 0 Å². The fourth-order valence-electron chi connectivity index (χ4n) is 2.16. The molecule has 3 rings (SSSR count). The number of aromatic nitrogens is 1. The standard InChI is InChI=1S/C19H16N4O3/c1-13(22-23-18(24)15-8-10-20-11-9-15)14-4-6-16(7-5-14)21-19(25)17-3-2-12-26-17/h2-12H,1H3,(H,21,25)(H,23,24)/b22-13+. The average molecular weight is 348 g/mol. The van der Waals surface area contributed by atoms with Gasteiger partial charge >= 0.3 is 0 Å². The first kappa shape index (κ1) is 17.1. The van der Waals surface area contributed by atoms with E-state index in [0.717, 1.165) is 5.56 Å². The molecule has 0 aliphatic heterocycles. The van der Waals surface area contributed by atoms with Crippen LogP contribution in [0.1, 0.15) is 33.4 Å². The highest BCUT2D eigenvalue weighted by Gasteiger charge is 2.09. The number of furan rings is 1. The van der Waals surface area contributed by atoms with Crippen LogP contribution in [0.5, 0.6) is 0 Å². The van der Waals surface area contributed by atoms with Crippen molar-refractivity contribution in [1.82, 2.24) is 10.4 Å². The first-order chi connectivity index (χ1) is 12.6. The van der Waals surface area contributed by atoms with Gasteiger partial charge in [0, 0.05) is 23.6 Å². The lowest BCUT2D eigenvalue weighted by atomic mass is 10.1. The van der Waals surface area contributed by atoms with Gasteiger partial charge in [-0.25, -0.2) is 5.43 Å². The van der Waals surface area contributed by atoms with Crippen molar-refractivity contribution in [3.05, 3.63) is 84.1 Å². The van der Waals surface area contributed by atoms with Crippen LogP contribution in [-0.2, 0) is 0 Å². The Morgan fingerprint density at radius 3 is 2.35 bits per heavy atom. The van der Waals surface area contributed by atoms with Crippen LogP contribution in [0.25, 0.3) is 0 Å². The summed E-state index contributed by atoms with van der Waals surface area (Å²) in [4.78, 5) is 27.8. The van der Waals surface area contributed by atoms with Crippen molar-refractivity contribution in [3.63, 3.8) is 0 Å². The molecular weight excluding hydrogens is 332 g/mol. The number of carbonyl (C=O) groups is 2. The van der Waals surface area contributed by atoms with Crippen LogP contribution in [0.15, 0.2) is 76.7 Å². The van der Waals surface area contributed by atoms with E-state index < -0.39 is 0 Å². The molecule has 2 aromatic heterocycles. The molecule has 2 heterocycles. The van der Waals surface area contributed by atoms with Crippen molar-refractivity contribution in [1.29, 1.82) is 0 Å². The number of benzene rings is 1. The minimum Gasteiger partial charge on any atom is -0.459 e. The Labute approximate surface area is 149 Å². The van der Waals surface area contributed by atoms with E-state index >= 15 is 0 Å². The summed E-state index contributed by atoms with van der Waals surface area (Å²) < 4.78 is 5.05. The van der Waals surface area contributed by atoms with Crippen LogP contribution in [0.3, 0.4) is 0 Å². The third-order valence-corrected chi connectivity index (χ3v) is 3.57. The smallest absolute Gasteiger partial charge is 0.291 e. The summed E-state index contributed by atoms with van der Waals surface area (Å²) in [5, 5.41) is 6.83. The van der Waals surface area contributed by atoms with Crippen LogP contribution >= 0.6 is 0 Å². The number of hydrogen-bond donors (Lipinski definition) is 2. The zero-order valence-electron chi connectivity index (χ0n) is 14.0. The van der Waals surface area contributed by atoms with Crippen LogP contribution in [0.2, 0.25) is 0 Å². The summed E-state index contributed by atoms with van der Waals surface area (Å²) in [6.07, 6.45) is 4.53. The van der Waals surface area contributed by atoms with Crippen molar-refractivity contribution in [2.75, 3.05) is 5.32 Å². The average Bonchev–Trinajstić information content (AvgIpc) is 3.22. The zero-order chi connectivity index (χ0) is 18.4. The topological polar surface area (TPSA) is 96.6 Å². The molecule has 0 atom stereocenters. The van der Waals surface area contributed by atoms with Gasteiger partial charge in [-0.3, -0.25) is 14.6 Å². The van der Waals surface area contributed by atoms with Crippen LogP contribution in [-0.4, -0.2) is 22.5 Å². The lowest BCUT2D eigenvalue weighted by Gasteiger charge is -2.06. The number of nitrogens with zero attached hydrogens (tertiary/aromatic N) is 2. The number of hydrazone groups is 1. The molecule has 0 aliphatic rings. The Balaban J connectivity index is 1.62. The van der Waals surface area contributed by atoms with Crippen molar-refractivity contribution in [2.24, 2.45) is 5.10 Å². The second kappa shape index (κ2) is 7.89. The number of amides is 2. The van der Waals surface area contributed by atoms with E-state index in [0.29, 0.717) is 17.0 Å². The summed E-state index contributed by atoms with van der Waals surface area (Å²) in [6.45, 7) is 1.78. The van der Waals surface area contributed by atoms with Gasteiger partial charge in [0.25, 0.3) is 11.8 Å². The lowest BCUT2D eigenvalue weighted by Crippen LogP contribution is -2.19. The number of rotatable bonds is 5. The van der Waals surface area contributed by atoms with Crippen molar-refractivity contribution < 1.29 is 14.0 Å². The van der Waals surface area contributed by atoms with E-state index in [1.165, 1.54) is 6.26 Å². The van der Waals surface area contributed by atoms with E-state index in [4.69, 9.17) is 4.42 Å². The summed E-state index contributed by atoms with van der Waals surface area (Å²) in [5.41, 5.74) is 5.06. The Morgan fingerprint density at radius 2 is 1.69 bits per heavy atom. The van der Waals surface area contributed by atoms with E-state index in [1.54, 1.807) is 67.8 Å². The fraction of sp³-hybridized carbons (Fsp3) is 0.0526. The quantitative estimate of drug-likeness (QED) is 0.547. The Hall–Kier alpha value is -3.74. The molecular formula is C19H16N4O3. The maximum Gasteiger partial charge on any atom is 0.291 e. The van der Waals surface area contributed by atoms with Gasteiger partial charge in [-0.2, -0.15) is 5.10 Å². The molecule has 26 heavy (non-hydrogen) atoms. The predicted octanol–water partition coefficient (Wildman–Crippen LogP) is 3.08. The monoisotopic (exact) mass is 348 g/mol. The highest BCUT2D eigenvalue weighted by atomic mass is 16.3. The molecule has 2 amide bonds. The molecule has 130 valence electrons. The third kappa shape index (κ3) is 4.21. The minimum absolute atomic E-state index is 0.241. The molecule has 0 fully saturated rings. The van der Waals surface area contributed by atoms with Gasteiger partial charge in [0.05, 0.1) is 12.0 Å². The molecule has 0 radical (unpaired) electrons. The molecule has 3 aromatic rings. The summed E-state index contributed by atoms with van der Waals surface area (Å²) >= 11 is 0.